The summed E-state index contributed by atoms with van der Waals surface area (Å²) < 4.78 is 38.7. The van der Waals surface area contributed by atoms with E-state index in [0.717, 1.165) is 37.9 Å². The number of carbonyl (C=O) groups is 1. The number of piperidine rings is 1. The minimum absolute atomic E-state index is 0.0464. The van der Waals surface area contributed by atoms with Crippen molar-refractivity contribution in [2.45, 2.75) is 57.3 Å². The van der Waals surface area contributed by atoms with Crippen molar-refractivity contribution in [1.29, 1.82) is 0 Å². The summed E-state index contributed by atoms with van der Waals surface area (Å²) in [6, 6.07) is 5.08. The number of benzene rings is 1. The van der Waals surface area contributed by atoms with Crippen molar-refractivity contribution in [3.05, 3.63) is 29.8 Å². The van der Waals surface area contributed by atoms with Crippen LogP contribution in [0.4, 0.5) is 13.2 Å². The Kier molecular flexibility index (Phi) is 5.07. The maximum Gasteiger partial charge on any atom is 0.416 e. The number of alkyl halides is 3. The molecule has 0 unspecified atom stereocenters. The number of fused-ring (bicyclic) bond motifs is 1. The van der Waals surface area contributed by atoms with Crippen molar-refractivity contribution >= 4 is 5.91 Å². The molecule has 0 spiro atoms. The van der Waals surface area contributed by atoms with Crippen LogP contribution in [0.5, 0.6) is 0 Å². The number of hydrogen-bond donors (Lipinski definition) is 0. The fourth-order valence-corrected chi connectivity index (χ4v) is 4.41. The smallest absolute Gasteiger partial charge is 0.338 e. The van der Waals surface area contributed by atoms with Gasteiger partial charge in [-0.25, -0.2) is 0 Å². The Morgan fingerprint density at radius 2 is 1.93 bits per heavy atom. The first kappa shape index (κ1) is 18.9. The normalized spacial score (nSPS) is 22.8. The summed E-state index contributed by atoms with van der Waals surface area (Å²) in [6.07, 6.45) is 2.34. The van der Waals surface area contributed by atoms with Gasteiger partial charge in [0.2, 0.25) is 11.7 Å². The highest BCUT2D eigenvalue weighted by molar-refractivity contribution is 5.76. The third kappa shape index (κ3) is 3.88. The zero-order valence-electron chi connectivity index (χ0n) is 15.4. The lowest BCUT2D eigenvalue weighted by molar-refractivity contribution is -0.139. The molecule has 2 aliphatic rings. The fraction of sp³-hybridized carbons (Fsp3) is 0.579. The molecule has 4 rings (SSSR count). The third-order valence-electron chi connectivity index (χ3n) is 5.74. The van der Waals surface area contributed by atoms with Crippen LogP contribution in [-0.2, 0) is 17.5 Å². The summed E-state index contributed by atoms with van der Waals surface area (Å²) in [4.78, 5) is 15.9. The van der Waals surface area contributed by atoms with Crippen LogP contribution >= 0.6 is 0 Å². The van der Waals surface area contributed by atoms with Gasteiger partial charge < -0.3 is 4.90 Å². The van der Waals surface area contributed by atoms with Crippen LogP contribution in [0.2, 0.25) is 0 Å². The Bertz CT molecular complexity index is 848. The second kappa shape index (κ2) is 7.52. The number of carbonyl (C=O) groups excluding carboxylic acids is 1. The van der Waals surface area contributed by atoms with E-state index in [9.17, 15) is 18.0 Å². The Hall–Kier alpha value is -2.45. The van der Waals surface area contributed by atoms with Gasteiger partial charge in [0.05, 0.1) is 5.56 Å². The van der Waals surface area contributed by atoms with Crippen molar-refractivity contribution in [1.82, 2.24) is 25.1 Å². The fourth-order valence-electron chi connectivity index (χ4n) is 4.41. The van der Waals surface area contributed by atoms with E-state index in [0.29, 0.717) is 12.0 Å². The van der Waals surface area contributed by atoms with E-state index < -0.39 is 11.7 Å². The molecule has 0 bridgehead atoms. The van der Waals surface area contributed by atoms with Crippen LogP contribution in [0.15, 0.2) is 24.3 Å². The van der Waals surface area contributed by atoms with Crippen molar-refractivity contribution in [2.24, 2.45) is 5.92 Å². The highest BCUT2D eigenvalue weighted by atomic mass is 19.4. The van der Waals surface area contributed by atoms with Crippen LogP contribution in [0.3, 0.4) is 0 Å². The Morgan fingerprint density at radius 1 is 1.14 bits per heavy atom. The Balaban J connectivity index is 1.47. The zero-order chi connectivity index (χ0) is 19.7. The molecule has 1 aromatic carbocycles. The largest absolute Gasteiger partial charge is 0.416 e. The molecule has 0 N–H and O–H groups in total. The minimum Gasteiger partial charge on any atom is -0.338 e. The van der Waals surface area contributed by atoms with Gasteiger partial charge in [-0.3, -0.25) is 4.79 Å². The van der Waals surface area contributed by atoms with Crippen LogP contribution in [0, 0.1) is 5.92 Å². The lowest BCUT2D eigenvalue weighted by Crippen LogP contribution is -2.50. The highest BCUT2D eigenvalue weighted by Gasteiger charge is 2.36. The zero-order valence-corrected chi connectivity index (χ0v) is 15.4. The van der Waals surface area contributed by atoms with Crippen LogP contribution < -0.4 is 0 Å². The number of nitrogens with zero attached hydrogens (tertiary/aromatic N) is 5. The van der Waals surface area contributed by atoms with Crippen molar-refractivity contribution in [3.8, 4) is 11.4 Å². The molecule has 1 aromatic heterocycles. The number of halogens is 3. The lowest BCUT2D eigenvalue weighted by Gasteiger charge is -2.44. The summed E-state index contributed by atoms with van der Waals surface area (Å²) in [6.45, 7) is 0.699. The molecule has 150 valence electrons. The maximum atomic E-state index is 12.9. The van der Waals surface area contributed by atoms with Gasteiger partial charge in [-0.1, -0.05) is 25.0 Å². The van der Waals surface area contributed by atoms with Gasteiger partial charge >= 0.3 is 6.18 Å². The molecule has 1 saturated carbocycles. The molecule has 28 heavy (non-hydrogen) atoms. The van der Waals surface area contributed by atoms with Crippen molar-refractivity contribution in [2.75, 3.05) is 6.54 Å². The van der Waals surface area contributed by atoms with Gasteiger partial charge in [-0.05, 0) is 48.9 Å². The van der Waals surface area contributed by atoms with Crippen molar-refractivity contribution in [3.63, 3.8) is 0 Å². The van der Waals surface area contributed by atoms with Crippen molar-refractivity contribution < 1.29 is 18.0 Å². The molecule has 2 aromatic rings. The first-order valence-electron chi connectivity index (χ1n) is 9.67. The monoisotopic (exact) mass is 393 g/mol. The topological polar surface area (TPSA) is 63.9 Å². The van der Waals surface area contributed by atoms with E-state index in [4.69, 9.17) is 0 Å². The maximum absolute atomic E-state index is 12.9. The summed E-state index contributed by atoms with van der Waals surface area (Å²) in [5.41, 5.74) is -0.548. The lowest BCUT2D eigenvalue weighted by atomic mass is 9.78. The molecule has 6 nitrogen and oxygen atoms in total. The van der Waals surface area contributed by atoms with Gasteiger partial charge in [0.1, 0.15) is 6.54 Å². The SMILES string of the molecule is O=C(Cn1nnc(-c2cccc(C(F)(F)F)c2)n1)N1CCC[C@@H]2CCCC[C@H]21. The number of aromatic nitrogens is 4. The third-order valence-corrected chi connectivity index (χ3v) is 5.74. The molecule has 1 saturated heterocycles. The molecular formula is C19H22F3N5O. The number of likely N-dealkylation sites (tertiary alicyclic amines) is 1. The molecule has 1 aliphatic heterocycles. The molecule has 0 radical (unpaired) electrons. The average Bonchev–Trinajstić information content (AvgIpc) is 3.15. The van der Waals surface area contributed by atoms with Gasteiger partial charge in [0.15, 0.2) is 0 Å². The number of rotatable bonds is 3. The molecule has 9 heteroatoms. The predicted molar refractivity (Wildman–Crippen MR) is 94.9 cm³/mol. The number of tetrazole rings is 1. The summed E-state index contributed by atoms with van der Waals surface area (Å²) in [5.74, 6) is 0.605. The minimum atomic E-state index is -4.44. The summed E-state index contributed by atoms with van der Waals surface area (Å²) >= 11 is 0. The summed E-state index contributed by atoms with van der Waals surface area (Å²) in [7, 11) is 0. The molecular weight excluding hydrogens is 371 g/mol. The second-order valence-electron chi connectivity index (χ2n) is 7.56. The average molecular weight is 393 g/mol. The molecule has 1 aliphatic carbocycles. The standard InChI is InChI=1S/C19H22F3N5O/c20-19(21,22)15-8-3-6-14(11-15)18-23-25-27(24-18)12-17(28)26-10-4-7-13-5-1-2-9-16(13)26/h3,6,8,11,13,16H,1-2,4-5,7,9-10,12H2/t13-,16+/m0/s1. The van der Waals surface area contributed by atoms with Gasteiger partial charge in [0.25, 0.3) is 0 Å². The Labute approximate surface area is 160 Å². The van der Waals surface area contributed by atoms with Crippen LogP contribution in [0.25, 0.3) is 11.4 Å². The van der Waals surface area contributed by atoms with E-state index in [-0.39, 0.29) is 23.8 Å². The van der Waals surface area contributed by atoms with Crippen LogP contribution in [0.1, 0.15) is 44.1 Å². The first-order chi connectivity index (χ1) is 13.4. The van der Waals surface area contributed by atoms with Gasteiger partial charge in [-0.15, -0.1) is 10.2 Å². The van der Waals surface area contributed by atoms with Gasteiger partial charge in [0, 0.05) is 18.2 Å². The van der Waals surface area contributed by atoms with E-state index in [1.165, 1.54) is 36.2 Å². The Morgan fingerprint density at radius 3 is 2.75 bits per heavy atom. The van der Waals surface area contributed by atoms with E-state index in [1.54, 1.807) is 0 Å². The predicted octanol–water partition coefficient (Wildman–Crippen LogP) is 3.54. The first-order valence-corrected chi connectivity index (χ1v) is 9.67. The molecule has 1 amide bonds. The quantitative estimate of drug-likeness (QED) is 0.800. The molecule has 2 fully saturated rings. The number of hydrogen-bond acceptors (Lipinski definition) is 4. The molecule has 2 atom stereocenters. The van der Waals surface area contributed by atoms with E-state index in [1.807, 2.05) is 4.90 Å². The van der Waals surface area contributed by atoms with E-state index in [2.05, 4.69) is 15.4 Å². The summed E-state index contributed by atoms with van der Waals surface area (Å²) in [5, 5.41) is 11.8. The highest BCUT2D eigenvalue weighted by Crippen LogP contribution is 2.35. The van der Waals surface area contributed by atoms with Crippen LogP contribution in [-0.4, -0.2) is 43.6 Å². The van der Waals surface area contributed by atoms with Gasteiger partial charge in [-0.2, -0.15) is 18.0 Å². The van der Waals surface area contributed by atoms with E-state index >= 15 is 0 Å². The second-order valence-corrected chi connectivity index (χ2v) is 7.56. The molecule has 2 heterocycles. The number of amides is 1.